The SMILES string of the molecule is CNC[C@H]1C[C@@H]2O[C@@H]2C1. The van der Waals surface area contributed by atoms with Crippen molar-refractivity contribution in [2.75, 3.05) is 13.6 Å². The third-order valence-electron chi connectivity index (χ3n) is 2.31. The van der Waals surface area contributed by atoms with Gasteiger partial charge in [-0.05, 0) is 32.4 Å². The Labute approximate surface area is 55.6 Å². The maximum Gasteiger partial charge on any atom is 0.0845 e. The molecule has 2 fully saturated rings. The van der Waals surface area contributed by atoms with Gasteiger partial charge in [-0.1, -0.05) is 0 Å². The molecule has 52 valence electrons. The summed E-state index contributed by atoms with van der Waals surface area (Å²) < 4.78 is 5.30. The highest BCUT2D eigenvalue weighted by Crippen LogP contribution is 2.41. The molecule has 1 N–H and O–H groups in total. The van der Waals surface area contributed by atoms with Gasteiger partial charge in [0.1, 0.15) is 0 Å². The van der Waals surface area contributed by atoms with Gasteiger partial charge in [0.15, 0.2) is 0 Å². The summed E-state index contributed by atoms with van der Waals surface area (Å²) in [6, 6.07) is 0. The van der Waals surface area contributed by atoms with Crippen LogP contribution in [0.2, 0.25) is 0 Å². The second-order valence-corrected chi connectivity index (χ2v) is 3.11. The minimum atomic E-state index is 0.656. The molecule has 1 saturated carbocycles. The van der Waals surface area contributed by atoms with Crippen LogP contribution in [-0.4, -0.2) is 25.8 Å². The summed E-state index contributed by atoms with van der Waals surface area (Å²) in [6.07, 6.45) is 3.91. The van der Waals surface area contributed by atoms with Gasteiger partial charge in [0, 0.05) is 0 Å². The van der Waals surface area contributed by atoms with Crippen LogP contribution in [0.3, 0.4) is 0 Å². The molecule has 1 aliphatic carbocycles. The molecule has 3 atom stereocenters. The number of hydrogen-bond acceptors (Lipinski definition) is 2. The molecule has 0 amide bonds. The van der Waals surface area contributed by atoms with Crippen molar-refractivity contribution in [3.8, 4) is 0 Å². The van der Waals surface area contributed by atoms with Crippen LogP contribution in [0.4, 0.5) is 0 Å². The molecule has 0 radical (unpaired) electrons. The molecule has 0 unspecified atom stereocenters. The Balaban J connectivity index is 1.77. The van der Waals surface area contributed by atoms with E-state index in [2.05, 4.69) is 5.32 Å². The Kier molecular flexibility index (Phi) is 1.24. The lowest BCUT2D eigenvalue weighted by atomic mass is 10.1. The van der Waals surface area contributed by atoms with Gasteiger partial charge in [0.05, 0.1) is 12.2 Å². The van der Waals surface area contributed by atoms with Crippen LogP contribution in [0.5, 0.6) is 0 Å². The van der Waals surface area contributed by atoms with Gasteiger partial charge in [-0.3, -0.25) is 0 Å². The van der Waals surface area contributed by atoms with Gasteiger partial charge in [0.25, 0.3) is 0 Å². The van der Waals surface area contributed by atoms with Crippen LogP contribution in [-0.2, 0) is 4.74 Å². The highest BCUT2D eigenvalue weighted by Gasteiger charge is 2.47. The zero-order valence-electron chi connectivity index (χ0n) is 5.76. The van der Waals surface area contributed by atoms with Crippen molar-refractivity contribution in [2.45, 2.75) is 25.0 Å². The van der Waals surface area contributed by atoms with E-state index in [1.165, 1.54) is 19.4 Å². The van der Waals surface area contributed by atoms with Crippen molar-refractivity contribution in [3.63, 3.8) is 0 Å². The summed E-state index contributed by atoms with van der Waals surface area (Å²) in [6.45, 7) is 1.18. The first-order valence-corrected chi connectivity index (χ1v) is 3.70. The van der Waals surface area contributed by atoms with Gasteiger partial charge in [0.2, 0.25) is 0 Å². The molecule has 0 aromatic heterocycles. The number of hydrogen-bond donors (Lipinski definition) is 1. The fourth-order valence-electron chi connectivity index (χ4n) is 1.80. The number of epoxide rings is 1. The standard InChI is InChI=1S/C7H13NO/c1-8-4-5-2-6-7(3-5)9-6/h5-8H,2-4H2,1H3/t5-,6-,7+. The number of rotatable bonds is 2. The van der Waals surface area contributed by atoms with Gasteiger partial charge in [-0.15, -0.1) is 0 Å². The van der Waals surface area contributed by atoms with Crippen LogP contribution >= 0.6 is 0 Å². The lowest BCUT2D eigenvalue weighted by molar-refractivity contribution is 0.271. The lowest BCUT2D eigenvalue weighted by Gasteiger charge is -2.08. The zero-order chi connectivity index (χ0) is 6.27. The smallest absolute Gasteiger partial charge is 0.0845 e. The minimum Gasteiger partial charge on any atom is -0.370 e. The normalized spacial score (nSPS) is 47.0. The first kappa shape index (κ1) is 5.69. The van der Waals surface area contributed by atoms with Crippen LogP contribution in [0.15, 0.2) is 0 Å². The third-order valence-corrected chi connectivity index (χ3v) is 2.31. The highest BCUT2D eigenvalue weighted by atomic mass is 16.6. The average molecular weight is 127 g/mol. The monoisotopic (exact) mass is 127 g/mol. The predicted octanol–water partition coefficient (Wildman–Crippen LogP) is 0.383. The summed E-state index contributed by atoms with van der Waals surface area (Å²) in [7, 11) is 2.02. The molecule has 2 rings (SSSR count). The van der Waals surface area contributed by atoms with Crippen molar-refractivity contribution >= 4 is 0 Å². The Morgan fingerprint density at radius 3 is 2.67 bits per heavy atom. The van der Waals surface area contributed by atoms with Gasteiger partial charge in [-0.2, -0.15) is 0 Å². The van der Waals surface area contributed by atoms with Crippen molar-refractivity contribution in [2.24, 2.45) is 5.92 Å². The number of ether oxygens (including phenoxy) is 1. The minimum absolute atomic E-state index is 0.656. The molecular formula is C7H13NO. The van der Waals surface area contributed by atoms with E-state index in [-0.39, 0.29) is 0 Å². The Morgan fingerprint density at radius 1 is 1.44 bits per heavy atom. The second kappa shape index (κ2) is 1.96. The molecule has 0 bridgehead atoms. The van der Waals surface area contributed by atoms with E-state index < -0.39 is 0 Å². The molecule has 0 aromatic carbocycles. The molecule has 1 saturated heterocycles. The van der Waals surface area contributed by atoms with E-state index in [4.69, 9.17) is 4.74 Å². The molecule has 2 nitrogen and oxygen atoms in total. The maximum absolute atomic E-state index is 5.30. The molecular weight excluding hydrogens is 114 g/mol. The van der Waals surface area contributed by atoms with Gasteiger partial charge >= 0.3 is 0 Å². The van der Waals surface area contributed by atoms with Crippen LogP contribution in [0.25, 0.3) is 0 Å². The van der Waals surface area contributed by atoms with Crippen LogP contribution < -0.4 is 5.32 Å². The molecule has 0 aromatic rings. The quantitative estimate of drug-likeness (QED) is 0.542. The van der Waals surface area contributed by atoms with Crippen molar-refractivity contribution in [1.82, 2.24) is 5.32 Å². The summed E-state index contributed by atoms with van der Waals surface area (Å²) >= 11 is 0. The predicted molar refractivity (Wildman–Crippen MR) is 35.3 cm³/mol. The van der Waals surface area contributed by atoms with E-state index in [0.29, 0.717) is 12.2 Å². The fraction of sp³-hybridized carbons (Fsp3) is 1.00. The summed E-state index contributed by atoms with van der Waals surface area (Å²) in [5.74, 6) is 0.902. The van der Waals surface area contributed by atoms with E-state index in [1.807, 2.05) is 7.05 Å². The molecule has 2 aliphatic rings. The van der Waals surface area contributed by atoms with Crippen molar-refractivity contribution in [3.05, 3.63) is 0 Å². The Bertz CT molecular complexity index is 105. The van der Waals surface area contributed by atoms with E-state index in [1.54, 1.807) is 0 Å². The number of fused-ring (bicyclic) bond motifs is 1. The fourth-order valence-corrected chi connectivity index (χ4v) is 1.80. The molecule has 1 heterocycles. The number of nitrogens with one attached hydrogen (secondary N) is 1. The van der Waals surface area contributed by atoms with Crippen molar-refractivity contribution in [1.29, 1.82) is 0 Å². The second-order valence-electron chi connectivity index (χ2n) is 3.11. The van der Waals surface area contributed by atoms with E-state index >= 15 is 0 Å². The largest absolute Gasteiger partial charge is 0.370 e. The Hall–Kier alpha value is -0.0800. The third kappa shape index (κ3) is 0.970. The van der Waals surface area contributed by atoms with E-state index in [9.17, 15) is 0 Å². The van der Waals surface area contributed by atoms with Gasteiger partial charge in [-0.25, -0.2) is 0 Å². The summed E-state index contributed by atoms with van der Waals surface area (Å²) in [5, 5.41) is 3.20. The maximum atomic E-state index is 5.30. The zero-order valence-corrected chi connectivity index (χ0v) is 5.76. The molecule has 2 heteroatoms. The topological polar surface area (TPSA) is 24.6 Å². The highest BCUT2D eigenvalue weighted by molar-refractivity contribution is 4.95. The van der Waals surface area contributed by atoms with E-state index in [0.717, 1.165) is 5.92 Å². The molecule has 9 heavy (non-hydrogen) atoms. The summed E-state index contributed by atoms with van der Waals surface area (Å²) in [4.78, 5) is 0. The van der Waals surface area contributed by atoms with Gasteiger partial charge < -0.3 is 10.1 Å². The van der Waals surface area contributed by atoms with Crippen LogP contribution in [0.1, 0.15) is 12.8 Å². The summed E-state index contributed by atoms with van der Waals surface area (Å²) in [5.41, 5.74) is 0. The molecule has 0 spiro atoms. The first-order valence-electron chi connectivity index (χ1n) is 3.70. The average Bonchev–Trinajstić information content (AvgIpc) is 2.42. The lowest BCUT2D eigenvalue weighted by Crippen LogP contribution is -2.17. The Morgan fingerprint density at radius 2 is 2.11 bits per heavy atom. The first-order chi connectivity index (χ1) is 4.40. The van der Waals surface area contributed by atoms with Crippen LogP contribution in [0, 0.1) is 5.92 Å². The van der Waals surface area contributed by atoms with Crippen molar-refractivity contribution < 1.29 is 4.74 Å². The molecule has 1 aliphatic heterocycles.